The van der Waals surface area contributed by atoms with Gasteiger partial charge in [0.05, 0.1) is 5.56 Å². The van der Waals surface area contributed by atoms with E-state index >= 15 is 0 Å². The Morgan fingerprint density at radius 2 is 1.79 bits per heavy atom. The lowest BCUT2D eigenvalue weighted by molar-refractivity contribution is 0.0694. The van der Waals surface area contributed by atoms with Crippen LogP contribution in [-0.4, -0.2) is 46.6 Å². The quantitative estimate of drug-likeness (QED) is 0.918. The molecule has 1 fully saturated rings. The van der Waals surface area contributed by atoms with Crippen LogP contribution in [0.15, 0.2) is 54.6 Å². The summed E-state index contributed by atoms with van der Waals surface area (Å²) in [5.41, 5.74) is 2.79. The fourth-order valence-corrected chi connectivity index (χ4v) is 3.33. The van der Waals surface area contributed by atoms with Gasteiger partial charge in [0.15, 0.2) is 0 Å². The number of carboxylic acids is 1. The van der Waals surface area contributed by atoms with Crippen LogP contribution < -0.4 is 0 Å². The topological polar surface area (TPSA) is 43.8 Å². The molecule has 0 spiro atoms. The lowest BCUT2D eigenvalue weighted by atomic mass is 10.1. The normalized spacial score (nSPS) is 19.3. The largest absolute Gasteiger partial charge is 0.478 e. The Kier molecular flexibility index (Phi) is 5.28. The van der Waals surface area contributed by atoms with Crippen molar-refractivity contribution in [2.45, 2.75) is 26.1 Å². The summed E-state index contributed by atoms with van der Waals surface area (Å²) in [6.07, 6.45) is 0. The van der Waals surface area contributed by atoms with E-state index in [0.29, 0.717) is 11.6 Å². The first-order valence-corrected chi connectivity index (χ1v) is 8.44. The van der Waals surface area contributed by atoms with Crippen LogP contribution in [0.2, 0.25) is 0 Å². The number of aromatic carboxylic acids is 1. The van der Waals surface area contributed by atoms with E-state index in [1.54, 1.807) is 12.1 Å². The van der Waals surface area contributed by atoms with Crippen molar-refractivity contribution in [3.63, 3.8) is 0 Å². The summed E-state index contributed by atoms with van der Waals surface area (Å²) in [5.74, 6) is -0.863. The SMILES string of the molecule is C[C@@H]1CN(Cc2ccccc2)CCN1Cc1cccc(C(=O)O)c1. The highest BCUT2D eigenvalue weighted by molar-refractivity contribution is 5.87. The highest BCUT2D eigenvalue weighted by atomic mass is 16.4. The Hall–Kier alpha value is -2.17. The third-order valence-electron chi connectivity index (χ3n) is 4.66. The van der Waals surface area contributed by atoms with Gasteiger partial charge >= 0.3 is 5.97 Å². The van der Waals surface area contributed by atoms with Gasteiger partial charge in [-0.25, -0.2) is 4.79 Å². The Balaban J connectivity index is 1.58. The monoisotopic (exact) mass is 324 g/mol. The Labute approximate surface area is 143 Å². The molecule has 0 aliphatic carbocycles. The molecule has 1 aliphatic heterocycles. The number of hydrogen-bond acceptors (Lipinski definition) is 3. The number of benzene rings is 2. The average molecular weight is 324 g/mol. The van der Waals surface area contributed by atoms with Crippen molar-refractivity contribution in [1.82, 2.24) is 9.80 Å². The van der Waals surface area contributed by atoms with Crippen LogP contribution in [0.4, 0.5) is 0 Å². The van der Waals surface area contributed by atoms with Gasteiger partial charge in [-0.05, 0) is 30.2 Å². The van der Waals surface area contributed by atoms with Crippen LogP contribution in [0, 0.1) is 0 Å². The minimum Gasteiger partial charge on any atom is -0.478 e. The maximum absolute atomic E-state index is 11.1. The molecule has 2 aromatic carbocycles. The van der Waals surface area contributed by atoms with E-state index in [1.165, 1.54) is 5.56 Å². The lowest BCUT2D eigenvalue weighted by Crippen LogP contribution is -2.50. The standard InChI is InChI=1S/C20H24N2O2/c1-16-13-21(14-17-6-3-2-4-7-17)10-11-22(16)15-18-8-5-9-19(12-18)20(23)24/h2-9,12,16H,10-11,13-15H2,1H3,(H,23,24)/t16-/m1/s1. The lowest BCUT2D eigenvalue weighted by Gasteiger charge is -2.40. The highest BCUT2D eigenvalue weighted by Crippen LogP contribution is 2.17. The zero-order valence-corrected chi connectivity index (χ0v) is 14.1. The number of carboxylic acid groups (broad SMARTS) is 1. The minimum absolute atomic E-state index is 0.364. The van der Waals surface area contributed by atoms with Gasteiger partial charge in [0.2, 0.25) is 0 Å². The predicted octanol–water partition coefficient (Wildman–Crippen LogP) is 3.09. The molecule has 4 nitrogen and oxygen atoms in total. The van der Waals surface area contributed by atoms with Crippen LogP contribution in [0.5, 0.6) is 0 Å². The molecule has 3 rings (SSSR count). The Bertz CT molecular complexity index is 687. The second kappa shape index (κ2) is 7.60. The number of rotatable bonds is 5. The van der Waals surface area contributed by atoms with Gasteiger partial charge in [-0.2, -0.15) is 0 Å². The van der Waals surface area contributed by atoms with E-state index in [1.807, 2.05) is 12.1 Å². The maximum atomic E-state index is 11.1. The highest BCUT2D eigenvalue weighted by Gasteiger charge is 2.23. The van der Waals surface area contributed by atoms with Gasteiger partial charge in [0.1, 0.15) is 0 Å². The van der Waals surface area contributed by atoms with E-state index in [-0.39, 0.29) is 0 Å². The molecule has 0 amide bonds. The van der Waals surface area contributed by atoms with Gasteiger partial charge < -0.3 is 5.11 Å². The molecule has 24 heavy (non-hydrogen) atoms. The first kappa shape index (κ1) is 16.7. The predicted molar refractivity (Wildman–Crippen MR) is 95.0 cm³/mol. The van der Waals surface area contributed by atoms with Gasteiger partial charge in [-0.15, -0.1) is 0 Å². The van der Waals surface area contributed by atoms with Crippen molar-refractivity contribution in [3.05, 3.63) is 71.3 Å². The molecule has 2 aromatic rings. The van der Waals surface area contributed by atoms with Crippen LogP contribution in [-0.2, 0) is 13.1 Å². The van der Waals surface area contributed by atoms with Crippen molar-refractivity contribution >= 4 is 5.97 Å². The van der Waals surface area contributed by atoms with Crippen molar-refractivity contribution < 1.29 is 9.90 Å². The first-order chi connectivity index (χ1) is 11.6. The molecule has 1 aliphatic rings. The third-order valence-corrected chi connectivity index (χ3v) is 4.66. The van der Waals surface area contributed by atoms with Crippen LogP contribution in [0.25, 0.3) is 0 Å². The third kappa shape index (κ3) is 4.22. The molecule has 0 saturated carbocycles. The number of nitrogens with zero attached hydrogens (tertiary/aromatic N) is 2. The van der Waals surface area contributed by atoms with Crippen molar-refractivity contribution in [2.24, 2.45) is 0 Å². The molecule has 1 heterocycles. The van der Waals surface area contributed by atoms with Crippen LogP contribution in [0.3, 0.4) is 0 Å². The number of piperazine rings is 1. The zero-order valence-electron chi connectivity index (χ0n) is 14.1. The average Bonchev–Trinajstić information content (AvgIpc) is 2.58. The summed E-state index contributed by atoms with van der Waals surface area (Å²) in [6, 6.07) is 18.3. The molecule has 0 unspecified atom stereocenters. The zero-order chi connectivity index (χ0) is 16.9. The summed E-state index contributed by atoms with van der Waals surface area (Å²) in [7, 11) is 0. The molecule has 4 heteroatoms. The molecule has 0 radical (unpaired) electrons. The molecule has 0 aromatic heterocycles. The molecule has 1 N–H and O–H groups in total. The maximum Gasteiger partial charge on any atom is 0.335 e. The number of hydrogen-bond donors (Lipinski definition) is 1. The summed E-state index contributed by atoms with van der Waals surface area (Å²) in [6.45, 7) is 7.13. The smallest absolute Gasteiger partial charge is 0.335 e. The van der Waals surface area contributed by atoms with Crippen LogP contribution >= 0.6 is 0 Å². The van der Waals surface area contributed by atoms with E-state index in [2.05, 4.69) is 47.1 Å². The second-order valence-electron chi connectivity index (χ2n) is 6.55. The summed E-state index contributed by atoms with van der Waals surface area (Å²) in [4.78, 5) is 16.0. The summed E-state index contributed by atoms with van der Waals surface area (Å²) in [5, 5.41) is 9.12. The van der Waals surface area contributed by atoms with E-state index in [4.69, 9.17) is 5.11 Å². The van der Waals surface area contributed by atoms with Crippen molar-refractivity contribution in [1.29, 1.82) is 0 Å². The second-order valence-corrected chi connectivity index (χ2v) is 6.55. The molecule has 1 atom stereocenters. The number of carbonyl (C=O) groups is 1. The van der Waals surface area contributed by atoms with Gasteiger partial charge in [0.25, 0.3) is 0 Å². The fourth-order valence-electron chi connectivity index (χ4n) is 3.33. The molecular formula is C20H24N2O2. The molecule has 126 valence electrons. The van der Waals surface area contributed by atoms with Gasteiger partial charge in [-0.3, -0.25) is 9.80 Å². The summed E-state index contributed by atoms with van der Waals surface area (Å²) >= 11 is 0. The van der Waals surface area contributed by atoms with Crippen LogP contribution in [0.1, 0.15) is 28.4 Å². The molecular weight excluding hydrogens is 300 g/mol. The van der Waals surface area contributed by atoms with Crippen molar-refractivity contribution in [3.8, 4) is 0 Å². The first-order valence-electron chi connectivity index (χ1n) is 8.44. The summed E-state index contributed by atoms with van der Waals surface area (Å²) < 4.78 is 0. The van der Waals surface area contributed by atoms with Crippen molar-refractivity contribution in [2.75, 3.05) is 19.6 Å². The minimum atomic E-state index is -0.863. The van der Waals surface area contributed by atoms with Gasteiger partial charge in [0, 0.05) is 38.8 Å². The van der Waals surface area contributed by atoms with E-state index in [9.17, 15) is 4.79 Å². The van der Waals surface area contributed by atoms with Gasteiger partial charge in [-0.1, -0.05) is 42.5 Å². The van der Waals surface area contributed by atoms with E-state index < -0.39 is 5.97 Å². The Morgan fingerprint density at radius 1 is 1.04 bits per heavy atom. The molecule has 1 saturated heterocycles. The Morgan fingerprint density at radius 3 is 2.50 bits per heavy atom. The molecule has 0 bridgehead atoms. The fraction of sp³-hybridized carbons (Fsp3) is 0.350. The van der Waals surface area contributed by atoms with E-state index in [0.717, 1.165) is 38.3 Å².